The van der Waals surface area contributed by atoms with Crippen LogP contribution in [-0.2, 0) is 11.3 Å². The molecule has 15 heavy (non-hydrogen) atoms. The topological polar surface area (TPSA) is 21.3 Å². The van der Waals surface area contributed by atoms with Gasteiger partial charge in [-0.05, 0) is 54.2 Å². The number of halogens is 1. The molecule has 0 atom stereocenters. The quantitative estimate of drug-likeness (QED) is 0.811. The molecule has 0 radical (unpaired) electrons. The van der Waals surface area contributed by atoms with Crippen LogP contribution in [0.5, 0.6) is 0 Å². The molecule has 0 saturated heterocycles. The molecule has 1 rings (SSSR count). The van der Waals surface area contributed by atoms with Gasteiger partial charge in [0, 0.05) is 23.0 Å². The van der Waals surface area contributed by atoms with E-state index in [1.165, 1.54) is 9.35 Å². The Balaban J connectivity index is 2.20. The average Bonchev–Trinajstić information content (AvgIpc) is 2.59. The van der Waals surface area contributed by atoms with Crippen LogP contribution in [0.1, 0.15) is 25.1 Å². The highest BCUT2D eigenvalue weighted by Gasteiger charge is 2.15. The van der Waals surface area contributed by atoms with Crippen LogP contribution < -0.4 is 5.32 Å². The van der Waals surface area contributed by atoms with E-state index in [4.69, 9.17) is 4.74 Å². The molecule has 86 valence electrons. The van der Waals surface area contributed by atoms with Crippen molar-refractivity contribution in [3.8, 4) is 0 Å². The van der Waals surface area contributed by atoms with Crippen molar-refractivity contribution in [3.05, 3.63) is 20.8 Å². The van der Waals surface area contributed by atoms with Gasteiger partial charge in [-0.1, -0.05) is 0 Å². The zero-order valence-corrected chi connectivity index (χ0v) is 11.9. The van der Waals surface area contributed by atoms with Crippen LogP contribution in [0, 0.1) is 0 Å². The van der Waals surface area contributed by atoms with Crippen molar-refractivity contribution in [2.75, 3.05) is 13.7 Å². The maximum Gasteiger partial charge on any atom is 0.0634 e. The summed E-state index contributed by atoms with van der Waals surface area (Å²) >= 11 is 5.29. The second-order valence-electron chi connectivity index (χ2n) is 4.08. The van der Waals surface area contributed by atoms with E-state index in [-0.39, 0.29) is 5.60 Å². The Labute approximate surface area is 104 Å². The van der Waals surface area contributed by atoms with Crippen LogP contribution in [0.15, 0.2) is 15.9 Å². The van der Waals surface area contributed by atoms with Gasteiger partial charge >= 0.3 is 0 Å². The Hall–Kier alpha value is 0.100. The maximum absolute atomic E-state index is 5.35. The van der Waals surface area contributed by atoms with Crippen LogP contribution in [0.2, 0.25) is 0 Å². The smallest absolute Gasteiger partial charge is 0.0634 e. The summed E-state index contributed by atoms with van der Waals surface area (Å²) in [6, 6.07) is 2.08. The van der Waals surface area contributed by atoms with E-state index in [9.17, 15) is 0 Å². The molecule has 0 aliphatic carbocycles. The van der Waals surface area contributed by atoms with Gasteiger partial charge in [-0.3, -0.25) is 0 Å². The molecule has 1 N–H and O–H groups in total. The summed E-state index contributed by atoms with van der Waals surface area (Å²) in [4.78, 5) is 1.35. The third-order valence-corrected chi connectivity index (χ3v) is 4.36. The molecule has 0 aliphatic heterocycles. The van der Waals surface area contributed by atoms with Crippen LogP contribution in [-0.4, -0.2) is 19.3 Å². The van der Waals surface area contributed by atoms with Gasteiger partial charge < -0.3 is 10.1 Å². The van der Waals surface area contributed by atoms with E-state index >= 15 is 0 Å². The van der Waals surface area contributed by atoms with Crippen molar-refractivity contribution in [2.24, 2.45) is 0 Å². The van der Waals surface area contributed by atoms with E-state index in [2.05, 4.69) is 46.5 Å². The van der Waals surface area contributed by atoms with E-state index in [1.54, 1.807) is 18.4 Å². The molecule has 0 aliphatic rings. The summed E-state index contributed by atoms with van der Waals surface area (Å²) in [5, 5.41) is 5.52. The first-order valence-electron chi connectivity index (χ1n) is 5.03. The maximum atomic E-state index is 5.35. The van der Waals surface area contributed by atoms with Gasteiger partial charge in [0.15, 0.2) is 0 Å². The molecule has 1 heterocycles. The van der Waals surface area contributed by atoms with Crippen LogP contribution in [0.3, 0.4) is 0 Å². The van der Waals surface area contributed by atoms with Crippen molar-refractivity contribution in [1.82, 2.24) is 5.32 Å². The molecule has 0 spiro atoms. The van der Waals surface area contributed by atoms with E-state index < -0.39 is 0 Å². The zero-order chi connectivity index (χ0) is 11.3. The van der Waals surface area contributed by atoms with Gasteiger partial charge in [-0.25, -0.2) is 0 Å². The Morgan fingerprint density at radius 3 is 2.80 bits per heavy atom. The number of ether oxygens (including phenoxy) is 1. The first-order chi connectivity index (χ1) is 7.05. The van der Waals surface area contributed by atoms with Crippen molar-refractivity contribution in [1.29, 1.82) is 0 Å². The minimum absolute atomic E-state index is 0.0281. The lowest BCUT2D eigenvalue weighted by molar-refractivity contribution is 0.0158. The molecule has 0 saturated carbocycles. The summed E-state index contributed by atoms with van der Waals surface area (Å²) in [6.45, 7) is 6.12. The largest absolute Gasteiger partial charge is 0.379 e. The lowest BCUT2D eigenvalue weighted by Gasteiger charge is -2.22. The van der Waals surface area contributed by atoms with Gasteiger partial charge in [-0.2, -0.15) is 0 Å². The highest BCUT2D eigenvalue weighted by molar-refractivity contribution is 9.10. The molecule has 1 aromatic heterocycles. The fraction of sp³-hybridized carbons (Fsp3) is 0.636. The van der Waals surface area contributed by atoms with Gasteiger partial charge in [0.2, 0.25) is 0 Å². The van der Waals surface area contributed by atoms with Gasteiger partial charge in [0.25, 0.3) is 0 Å². The number of rotatable bonds is 6. The van der Waals surface area contributed by atoms with Crippen LogP contribution >= 0.6 is 27.3 Å². The molecule has 0 amide bonds. The summed E-state index contributed by atoms with van der Waals surface area (Å²) in [7, 11) is 1.76. The predicted molar refractivity (Wildman–Crippen MR) is 69.4 cm³/mol. The van der Waals surface area contributed by atoms with Crippen molar-refractivity contribution >= 4 is 27.3 Å². The lowest BCUT2D eigenvalue weighted by atomic mass is 10.1. The highest BCUT2D eigenvalue weighted by atomic mass is 79.9. The van der Waals surface area contributed by atoms with E-state index in [1.807, 2.05) is 0 Å². The van der Waals surface area contributed by atoms with Crippen molar-refractivity contribution < 1.29 is 4.74 Å². The summed E-state index contributed by atoms with van der Waals surface area (Å²) in [5.41, 5.74) is -0.0281. The molecule has 0 fully saturated rings. The Morgan fingerprint density at radius 2 is 2.27 bits per heavy atom. The van der Waals surface area contributed by atoms with Crippen molar-refractivity contribution in [2.45, 2.75) is 32.4 Å². The summed E-state index contributed by atoms with van der Waals surface area (Å²) in [5.74, 6) is 0. The Morgan fingerprint density at radius 1 is 1.53 bits per heavy atom. The normalized spacial score (nSPS) is 12.0. The standard InChI is InChI=1S/C11H18BrNOS/c1-11(2,14-3)5-6-13-8-10-9(12)4-7-15-10/h4,7,13H,5-6,8H2,1-3H3. The molecule has 4 heteroatoms. The van der Waals surface area contributed by atoms with E-state index in [0.29, 0.717) is 0 Å². The first-order valence-corrected chi connectivity index (χ1v) is 6.70. The molecular formula is C11H18BrNOS. The SMILES string of the molecule is COC(C)(C)CCNCc1sccc1Br. The van der Waals surface area contributed by atoms with Crippen LogP contribution in [0.4, 0.5) is 0 Å². The fourth-order valence-corrected chi connectivity index (χ4v) is 2.61. The monoisotopic (exact) mass is 291 g/mol. The van der Waals surface area contributed by atoms with Gasteiger partial charge in [0.05, 0.1) is 5.60 Å². The number of nitrogens with one attached hydrogen (secondary N) is 1. The molecule has 0 aromatic carbocycles. The predicted octanol–water partition coefficient (Wildman–Crippen LogP) is 3.42. The first kappa shape index (κ1) is 13.2. The summed E-state index contributed by atoms with van der Waals surface area (Å²) in [6.07, 6.45) is 1.02. The number of hydrogen-bond donors (Lipinski definition) is 1. The number of methoxy groups -OCH3 is 1. The average molecular weight is 292 g/mol. The zero-order valence-electron chi connectivity index (χ0n) is 9.47. The van der Waals surface area contributed by atoms with Gasteiger partial charge in [0.1, 0.15) is 0 Å². The minimum atomic E-state index is -0.0281. The third-order valence-electron chi connectivity index (χ3n) is 2.43. The number of thiophene rings is 1. The Bertz CT molecular complexity index is 299. The fourth-order valence-electron chi connectivity index (χ4n) is 1.14. The summed E-state index contributed by atoms with van der Waals surface area (Å²) < 4.78 is 6.55. The second-order valence-corrected chi connectivity index (χ2v) is 5.94. The molecular weight excluding hydrogens is 274 g/mol. The molecule has 2 nitrogen and oxygen atoms in total. The highest BCUT2D eigenvalue weighted by Crippen LogP contribution is 2.22. The third kappa shape index (κ3) is 4.64. The second kappa shape index (κ2) is 5.99. The van der Waals surface area contributed by atoms with Crippen LogP contribution in [0.25, 0.3) is 0 Å². The van der Waals surface area contributed by atoms with Gasteiger partial charge in [-0.15, -0.1) is 11.3 Å². The molecule has 0 bridgehead atoms. The molecule has 1 aromatic rings. The lowest BCUT2D eigenvalue weighted by Crippen LogP contribution is -2.28. The minimum Gasteiger partial charge on any atom is -0.379 e. The number of hydrogen-bond acceptors (Lipinski definition) is 3. The molecule has 0 unspecified atom stereocenters. The van der Waals surface area contributed by atoms with Crippen molar-refractivity contribution in [3.63, 3.8) is 0 Å². The van der Waals surface area contributed by atoms with E-state index in [0.717, 1.165) is 19.5 Å². The Kier molecular flexibility index (Phi) is 5.26.